The largest absolute Gasteiger partial charge is 0.370 e. The van der Waals surface area contributed by atoms with Crippen LogP contribution in [-0.4, -0.2) is 53.0 Å². The van der Waals surface area contributed by atoms with Crippen LogP contribution < -0.4 is 5.32 Å². The number of rotatable bonds is 5. The van der Waals surface area contributed by atoms with Crippen LogP contribution in [-0.2, 0) is 16.0 Å². The molecular formula is C27H29N3O3. The van der Waals surface area contributed by atoms with Crippen molar-refractivity contribution in [1.29, 1.82) is 0 Å². The molecule has 0 unspecified atom stereocenters. The average Bonchev–Trinajstić information content (AvgIpc) is 3.26. The van der Waals surface area contributed by atoms with Crippen LogP contribution in [0.5, 0.6) is 0 Å². The molecule has 0 saturated carbocycles. The Morgan fingerprint density at radius 1 is 1.00 bits per heavy atom. The lowest BCUT2D eigenvalue weighted by molar-refractivity contribution is -0.122. The van der Waals surface area contributed by atoms with Crippen molar-refractivity contribution in [1.82, 2.24) is 15.2 Å². The van der Waals surface area contributed by atoms with Crippen molar-refractivity contribution in [3.63, 3.8) is 0 Å². The number of ether oxygens (including phenoxy) is 1. The Morgan fingerprint density at radius 2 is 1.76 bits per heavy atom. The fourth-order valence-electron chi connectivity index (χ4n) is 5.11. The van der Waals surface area contributed by atoms with Crippen molar-refractivity contribution in [2.24, 2.45) is 0 Å². The van der Waals surface area contributed by atoms with Crippen LogP contribution in [0.25, 0.3) is 10.8 Å². The maximum Gasteiger partial charge on any atom is 0.253 e. The Hall–Kier alpha value is -3.25. The molecule has 3 aromatic rings. The molecule has 1 N–H and O–H groups in total. The van der Waals surface area contributed by atoms with E-state index in [1.807, 2.05) is 29.2 Å². The van der Waals surface area contributed by atoms with Crippen LogP contribution >= 0.6 is 0 Å². The van der Waals surface area contributed by atoms with Crippen LogP contribution in [0, 0.1) is 0 Å². The van der Waals surface area contributed by atoms with E-state index in [1.54, 1.807) is 24.5 Å². The van der Waals surface area contributed by atoms with Crippen LogP contribution in [0.15, 0.2) is 67.0 Å². The van der Waals surface area contributed by atoms with Crippen molar-refractivity contribution < 1.29 is 14.3 Å². The highest BCUT2D eigenvalue weighted by Crippen LogP contribution is 2.39. The molecule has 170 valence electrons. The summed E-state index contributed by atoms with van der Waals surface area (Å²) in [4.78, 5) is 31.2. The third-order valence-electron chi connectivity index (χ3n) is 6.99. The molecule has 3 heterocycles. The molecule has 2 amide bonds. The first kappa shape index (κ1) is 21.6. The minimum Gasteiger partial charge on any atom is -0.370 e. The van der Waals surface area contributed by atoms with Crippen LogP contribution in [0.1, 0.15) is 41.6 Å². The summed E-state index contributed by atoms with van der Waals surface area (Å²) >= 11 is 0. The lowest BCUT2D eigenvalue weighted by Gasteiger charge is -2.39. The van der Waals surface area contributed by atoms with E-state index in [-0.39, 0.29) is 23.5 Å². The molecule has 1 spiro atoms. The zero-order chi connectivity index (χ0) is 22.7. The number of amides is 2. The van der Waals surface area contributed by atoms with Gasteiger partial charge in [0.2, 0.25) is 5.91 Å². The summed E-state index contributed by atoms with van der Waals surface area (Å²) < 4.78 is 6.43. The molecule has 2 aliphatic rings. The van der Waals surface area contributed by atoms with Gasteiger partial charge in [-0.1, -0.05) is 42.5 Å². The Bertz CT molecular complexity index is 1130. The Balaban J connectivity index is 1.11. The third-order valence-corrected chi connectivity index (χ3v) is 6.99. The summed E-state index contributed by atoms with van der Waals surface area (Å²) in [5, 5.41) is 5.35. The molecule has 2 saturated heterocycles. The van der Waals surface area contributed by atoms with Gasteiger partial charge in [-0.05, 0) is 54.2 Å². The monoisotopic (exact) mass is 443 g/mol. The van der Waals surface area contributed by atoms with E-state index in [0.717, 1.165) is 42.0 Å². The van der Waals surface area contributed by atoms with Gasteiger partial charge >= 0.3 is 0 Å². The second-order valence-corrected chi connectivity index (χ2v) is 9.11. The summed E-state index contributed by atoms with van der Waals surface area (Å²) in [6.45, 7) is 1.92. The average molecular weight is 444 g/mol. The minimum atomic E-state index is -0.167. The summed E-state index contributed by atoms with van der Waals surface area (Å²) in [5.41, 5.74) is 1.56. The number of likely N-dealkylation sites (tertiary alicyclic amines) is 1. The quantitative estimate of drug-likeness (QED) is 0.652. The van der Waals surface area contributed by atoms with Crippen molar-refractivity contribution in [2.75, 3.05) is 19.6 Å². The molecule has 2 aliphatic heterocycles. The fourth-order valence-corrected chi connectivity index (χ4v) is 5.11. The van der Waals surface area contributed by atoms with E-state index in [1.165, 1.54) is 0 Å². The number of piperidine rings is 1. The number of carbonyl (C=O) groups excluding carboxylic acids is 2. The molecule has 1 aromatic heterocycles. The molecular weight excluding hydrogens is 414 g/mol. The van der Waals surface area contributed by atoms with E-state index in [2.05, 4.69) is 28.5 Å². The fraction of sp³-hybridized carbons (Fsp3) is 0.370. The highest BCUT2D eigenvalue weighted by atomic mass is 16.5. The standard InChI is InChI=1S/C27H29N3O3/c31-25(18-22-6-3-5-20-4-1-2-7-24(20)22)29-19-23-8-11-27(33-23)12-16-30(17-13-27)26(32)21-9-14-28-15-10-21/h1-7,9-10,14-15,23H,8,11-13,16-19H2,(H,29,31)/t23-/m0/s1. The second kappa shape index (κ2) is 9.32. The summed E-state index contributed by atoms with van der Waals surface area (Å²) in [6.07, 6.45) is 7.29. The summed E-state index contributed by atoms with van der Waals surface area (Å²) in [5.74, 6) is 0.0798. The van der Waals surface area contributed by atoms with Crippen molar-refractivity contribution in [3.05, 3.63) is 78.1 Å². The first-order valence-electron chi connectivity index (χ1n) is 11.7. The molecule has 2 aromatic carbocycles. The number of nitrogens with zero attached hydrogens (tertiary/aromatic N) is 2. The van der Waals surface area contributed by atoms with E-state index >= 15 is 0 Å². The Morgan fingerprint density at radius 3 is 2.58 bits per heavy atom. The molecule has 5 rings (SSSR count). The first-order chi connectivity index (χ1) is 16.1. The number of hydrogen-bond acceptors (Lipinski definition) is 4. The topological polar surface area (TPSA) is 71.5 Å². The predicted octanol–water partition coefficient (Wildman–Crippen LogP) is 3.75. The Labute approximate surface area is 194 Å². The number of pyridine rings is 1. The van der Waals surface area contributed by atoms with Gasteiger partial charge in [0, 0.05) is 37.6 Å². The maximum absolute atomic E-state index is 12.7. The van der Waals surface area contributed by atoms with Gasteiger partial charge in [-0.3, -0.25) is 14.6 Å². The van der Waals surface area contributed by atoms with E-state index in [0.29, 0.717) is 31.6 Å². The highest BCUT2D eigenvalue weighted by Gasteiger charge is 2.43. The highest BCUT2D eigenvalue weighted by molar-refractivity contribution is 5.94. The molecule has 6 nitrogen and oxygen atoms in total. The van der Waals surface area contributed by atoms with Crippen LogP contribution in [0.2, 0.25) is 0 Å². The lowest BCUT2D eigenvalue weighted by atomic mass is 9.88. The number of aromatic nitrogens is 1. The minimum absolute atomic E-state index is 0.0219. The molecule has 2 fully saturated rings. The molecule has 0 radical (unpaired) electrons. The van der Waals surface area contributed by atoms with Gasteiger partial charge in [-0.15, -0.1) is 0 Å². The molecule has 0 bridgehead atoms. The molecule has 33 heavy (non-hydrogen) atoms. The summed E-state index contributed by atoms with van der Waals surface area (Å²) in [6, 6.07) is 17.8. The normalized spacial score (nSPS) is 19.6. The number of fused-ring (bicyclic) bond motifs is 1. The van der Waals surface area contributed by atoms with Gasteiger partial charge in [0.1, 0.15) is 0 Å². The van der Waals surface area contributed by atoms with E-state index < -0.39 is 0 Å². The first-order valence-corrected chi connectivity index (χ1v) is 11.7. The number of benzene rings is 2. The number of hydrogen-bond donors (Lipinski definition) is 1. The third kappa shape index (κ3) is 4.76. The molecule has 0 aliphatic carbocycles. The van der Waals surface area contributed by atoms with Gasteiger partial charge < -0.3 is 15.0 Å². The van der Waals surface area contributed by atoms with Crippen molar-refractivity contribution in [3.8, 4) is 0 Å². The van der Waals surface area contributed by atoms with Crippen LogP contribution in [0.3, 0.4) is 0 Å². The van der Waals surface area contributed by atoms with Gasteiger partial charge in [0.05, 0.1) is 18.1 Å². The molecule has 6 heteroatoms. The van der Waals surface area contributed by atoms with E-state index in [4.69, 9.17) is 4.74 Å². The second-order valence-electron chi connectivity index (χ2n) is 9.11. The number of carbonyl (C=O) groups is 2. The zero-order valence-corrected chi connectivity index (χ0v) is 18.7. The lowest BCUT2D eigenvalue weighted by Crippen LogP contribution is -2.47. The van der Waals surface area contributed by atoms with Crippen LogP contribution in [0.4, 0.5) is 0 Å². The molecule has 1 atom stereocenters. The SMILES string of the molecule is O=C(Cc1cccc2ccccc12)NC[C@@H]1CCC2(CCN(C(=O)c3ccncc3)CC2)O1. The smallest absolute Gasteiger partial charge is 0.253 e. The van der Waals surface area contributed by atoms with E-state index in [9.17, 15) is 9.59 Å². The van der Waals surface area contributed by atoms with Crippen molar-refractivity contribution >= 4 is 22.6 Å². The Kier molecular flexibility index (Phi) is 6.09. The zero-order valence-electron chi connectivity index (χ0n) is 18.7. The van der Waals surface area contributed by atoms with Gasteiger partial charge in [0.15, 0.2) is 0 Å². The predicted molar refractivity (Wildman–Crippen MR) is 127 cm³/mol. The van der Waals surface area contributed by atoms with Gasteiger partial charge in [-0.25, -0.2) is 0 Å². The van der Waals surface area contributed by atoms with Gasteiger partial charge in [0.25, 0.3) is 5.91 Å². The van der Waals surface area contributed by atoms with Crippen molar-refractivity contribution in [2.45, 2.75) is 43.8 Å². The maximum atomic E-state index is 12.7. The van der Waals surface area contributed by atoms with Gasteiger partial charge in [-0.2, -0.15) is 0 Å². The number of nitrogens with one attached hydrogen (secondary N) is 1. The summed E-state index contributed by atoms with van der Waals surface area (Å²) in [7, 11) is 0.